The second kappa shape index (κ2) is 15.5. The Kier molecular flexibility index (Phi) is 6.44. The molecule has 0 spiro atoms. The number of aromatic nitrogens is 4. The van der Waals surface area contributed by atoms with E-state index in [9.17, 15) is 6.85 Å². The van der Waals surface area contributed by atoms with Gasteiger partial charge < -0.3 is 4.57 Å². The van der Waals surface area contributed by atoms with E-state index < -0.39 is 78.1 Å². The molecule has 0 aliphatic rings. The second-order valence-electron chi connectivity index (χ2n) is 14.3. The molecule has 286 valence electrons. The van der Waals surface area contributed by atoms with Crippen LogP contribution in [0.25, 0.3) is 106 Å². The minimum Gasteiger partial charge on any atom is -0.308 e. The standard InChI is InChI=1S/C57H38N4/c1-5-18-39(19-6-1)43-26-15-28-45(36-43)46-34-35-52(61-51-32-14-13-30-49(51)54-48(31-17-33-53(54)61)41-22-9-3-10-23-41)50(38-46)57-59-55(42-24-11-4-12-25-42)58-56(60-57)47-29-16-27-44(37-47)40-20-7-2-8-21-40/h1-38H/i3D,9D,10D,13D,14D,17D,22D,23D,30D,31D,32D,33D. The number of para-hydroxylation sites is 1. The SMILES string of the molecule is [2H]c1c([2H])c([2H])c(-c2c([2H])c([2H])c([2H])c3c2c2c([2H])c([2H])c([2H])c([2H])c2n3-c2ccc(-c3cccc(-c4ccccc4)c3)cc2-c2nc(-c3ccccc3)nc(-c3cccc(-c4ccccc4)c3)n2)c([2H])c1[2H]. The molecule has 0 bridgehead atoms. The topological polar surface area (TPSA) is 43.6 Å². The van der Waals surface area contributed by atoms with Crippen molar-refractivity contribution in [1.82, 2.24) is 19.5 Å². The van der Waals surface area contributed by atoms with Crippen molar-refractivity contribution in [3.8, 4) is 84.4 Å². The van der Waals surface area contributed by atoms with Gasteiger partial charge in [-0.2, -0.15) is 0 Å². The predicted molar refractivity (Wildman–Crippen MR) is 252 cm³/mol. The van der Waals surface area contributed by atoms with Crippen LogP contribution in [0.1, 0.15) is 16.4 Å². The zero-order valence-electron chi connectivity index (χ0n) is 44.3. The van der Waals surface area contributed by atoms with Crippen LogP contribution in [-0.4, -0.2) is 19.5 Å². The molecule has 0 saturated carbocycles. The fourth-order valence-electron chi connectivity index (χ4n) is 7.79. The molecule has 0 amide bonds. The van der Waals surface area contributed by atoms with E-state index >= 15 is 0 Å². The van der Waals surface area contributed by atoms with Gasteiger partial charge in [0, 0.05) is 27.5 Å². The third-order valence-corrected chi connectivity index (χ3v) is 10.6. The summed E-state index contributed by atoms with van der Waals surface area (Å²) >= 11 is 0. The molecular formula is C57H38N4. The molecule has 0 fully saturated rings. The first-order chi connectivity index (χ1) is 35.2. The highest BCUT2D eigenvalue weighted by Crippen LogP contribution is 2.42. The number of rotatable bonds is 8. The Morgan fingerprint density at radius 3 is 1.52 bits per heavy atom. The van der Waals surface area contributed by atoms with Crippen LogP contribution in [-0.2, 0) is 0 Å². The summed E-state index contributed by atoms with van der Waals surface area (Å²) in [5.74, 6) is 0.765. The van der Waals surface area contributed by atoms with Crippen LogP contribution in [0.3, 0.4) is 0 Å². The van der Waals surface area contributed by atoms with Crippen molar-refractivity contribution in [2.75, 3.05) is 0 Å². The zero-order valence-corrected chi connectivity index (χ0v) is 32.3. The van der Waals surface area contributed by atoms with Crippen LogP contribution in [0.5, 0.6) is 0 Å². The summed E-state index contributed by atoms with van der Waals surface area (Å²) < 4.78 is 110. The minimum absolute atomic E-state index is 0.140. The second-order valence-corrected chi connectivity index (χ2v) is 14.3. The van der Waals surface area contributed by atoms with Crippen molar-refractivity contribution in [1.29, 1.82) is 0 Å². The van der Waals surface area contributed by atoms with Gasteiger partial charge in [-0.05, 0) is 80.9 Å². The number of nitrogens with zero attached hydrogens (tertiary/aromatic N) is 4. The molecular weight excluding hydrogens is 741 g/mol. The molecule has 0 saturated heterocycles. The van der Waals surface area contributed by atoms with Gasteiger partial charge in [0.2, 0.25) is 0 Å². The van der Waals surface area contributed by atoms with Gasteiger partial charge in [-0.25, -0.2) is 15.0 Å². The zero-order chi connectivity index (χ0) is 51.0. The van der Waals surface area contributed by atoms with Crippen LogP contribution >= 0.6 is 0 Å². The average Bonchev–Trinajstić information content (AvgIpc) is 3.80. The van der Waals surface area contributed by atoms with Gasteiger partial charge in [0.1, 0.15) is 0 Å². The lowest BCUT2D eigenvalue weighted by Crippen LogP contribution is -2.04. The van der Waals surface area contributed by atoms with Crippen LogP contribution in [0, 0.1) is 0 Å². The summed E-state index contributed by atoms with van der Waals surface area (Å²) in [5.41, 5.74) is 6.07. The minimum atomic E-state index is -0.709. The third kappa shape index (κ3) is 6.76. The summed E-state index contributed by atoms with van der Waals surface area (Å²) in [5, 5.41) is -0.356. The quantitative estimate of drug-likeness (QED) is 0.154. The van der Waals surface area contributed by atoms with E-state index in [4.69, 9.17) is 24.5 Å². The number of hydrogen-bond donors (Lipinski definition) is 0. The molecule has 0 aliphatic carbocycles. The molecule has 11 aromatic rings. The smallest absolute Gasteiger partial charge is 0.166 e. The predicted octanol–water partition coefficient (Wildman–Crippen LogP) is 14.6. The highest BCUT2D eigenvalue weighted by atomic mass is 15.1. The van der Waals surface area contributed by atoms with E-state index in [1.165, 1.54) is 4.57 Å². The van der Waals surface area contributed by atoms with Crippen molar-refractivity contribution in [2.24, 2.45) is 0 Å². The van der Waals surface area contributed by atoms with Gasteiger partial charge in [-0.1, -0.05) is 194 Å². The average molecular weight is 791 g/mol. The Morgan fingerprint density at radius 1 is 0.328 bits per heavy atom. The molecule has 4 nitrogen and oxygen atoms in total. The first-order valence-corrected chi connectivity index (χ1v) is 19.6. The maximum absolute atomic E-state index is 9.64. The maximum atomic E-state index is 9.64. The molecule has 0 radical (unpaired) electrons. The normalized spacial score (nSPS) is 14.0. The maximum Gasteiger partial charge on any atom is 0.166 e. The Balaban J connectivity index is 1.29. The summed E-state index contributed by atoms with van der Waals surface area (Å²) in [4.78, 5) is 15.4. The van der Waals surface area contributed by atoms with Crippen LogP contribution in [0.2, 0.25) is 0 Å². The van der Waals surface area contributed by atoms with Crippen molar-refractivity contribution in [3.05, 3.63) is 230 Å². The number of hydrogen-bond acceptors (Lipinski definition) is 3. The van der Waals surface area contributed by atoms with E-state index in [2.05, 4.69) is 0 Å². The third-order valence-electron chi connectivity index (χ3n) is 10.6. The molecule has 0 unspecified atom stereocenters. The lowest BCUT2D eigenvalue weighted by Gasteiger charge is -2.17. The Bertz CT molecular complexity index is 4030. The van der Waals surface area contributed by atoms with Crippen molar-refractivity contribution in [2.45, 2.75) is 0 Å². The van der Waals surface area contributed by atoms with Crippen molar-refractivity contribution < 1.29 is 16.4 Å². The molecule has 2 heterocycles. The molecule has 2 aromatic heterocycles. The van der Waals surface area contributed by atoms with E-state index in [1.807, 2.05) is 152 Å². The van der Waals surface area contributed by atoms with Crippen LogP contribution < -0.4 is 0 Å². The number of fused-ring (bicyclic) bond motifs is 3. The van der Waals surface area contributed by atoms with Gasteiger partial charge in [-0.3, -0.25) is 0 Å². The van der Waals surface area contributed by atoms with Gasteiger partial charge in [0.15, 0.2) is 17.5 Å². The Morgan fingerprint density at radius 2 is 0.836 bits per heavy atom. The fourth-order valence-corrected chi connectivity index (χ4v) is 7.79. The summed E-state index contributed by atoms with van der Waals surface area (Å²) in [6, 6.07) is 42.6. The summed E-state index contributed by atoms with van der Waals surface area (Å²) in [7, 11) is 0. The lowest BCUT2D eigenvalue weighted by atomic mass is 9.97. The summed E-state index contributed by atoms with van der Waals surface area (Å²) in [6.45, 7) is 0. The van der Waals surface area contributed by atoms with Gasteiger partial charge in [0.25, 0.3) is 0 Å². The molecule has 4 heteroatoms. The molecule has 9 aromatic carbocycles. The molecule has 11 rings (SSSR count). The highest BCUT2D eigenvalue weighted by molar-refractivity contribution is 6.16. The van der Waals surface area contributed by atoms with E-state index in [-0.39, 0.29) is 38.9 Å². The first-order valence-electron chi connectivity index (χ1n) is 25.6. The van der Waals surface area contributed by atoms with E-state index in [1.54, 1.807) is 6.07 Å². The van der Waals surface area contributed by atoms with Crippen molar-refractivity contribution >= 4 is 21.8 Å². The monoisotopic (exact) mass is 790 g/mol. The Labute approximate surface area is 371 Å². The summed E-state index contributed by atoms with van der Waals surface area (Å²) in [6.07, 6.45) is 0. The lowest BCUT2D eigenvalue weighted by molar-refractivity contribution is 1.06. The highest BCUT2D eigenvalue weighted by Gasteiger charge is 2.22. The number of benzene rings is 9. The van der Waals surface area contributed by atoms with Crippen molar-refractivity contribution in [3.63, 3.8) is 0 Å². The molecule has 0 atom stereocenters. The molecule has 0 N–H and O–H groups in total. The van der Waals surface area contributed by atoms with Gasteiger partial charge in [0.05, 0.1) is 33.2 Å². The fraction of sp³-hybridized carbons (Fsp3) is 0. The van der Waals surface area contributed by atoms with Gasteiger partial charge in [-0.15, -0.1) is 0 Å². The first kappa shape index (κ1) is 25.3. The Hall–Kier alpha value is -8.21. The van der Waals surface area contributed by atoms with Gasteiger partial charge >= 0.3 is 0 Å². The molecule has 0 aliphatic heterocycles. The largest absolute Gasteiger partial charge is 0.308 e. The van der Waals surface area contributed by atoms with Crippen LogP contribution in [0.15, 0.2) is 230 Å². The van der Waals surface area contributed by atoms with Crippen LogP contribution in [0.4, 0.5) is 0 Å². The van der Waals surface area contributed by atoms with E-state index in [0.717, 1.165) is 27.8 Å². The van der Waals surface area contributed by atoms with E-state index in [0.29, 0.717) is 33.9 Å². The molecule has 61 heavy (non-hydrogen) atoms.